The van der Waals surface area contributed by atoms with E-state index in [1.54, 1.807) is 0 Å². The highest BCUT2D eigenvalue weighted by Crippen LogP contribution is 2.40. The smallest absolute Gasteiger partial charge is 0.273 e. The number of thioether (sulfide) groups is 1. The zero-order chi connectivity index (χ0) is 11.1. The molecule has 86 valence electrons. The van der Waals surface area contributed by atoms with Gasteiger partial charge in [-0.2, -0.15) is 0 Å². The maximum Gasteiger partial charge on any atom is 0.273 e. The first kappa shape index (κ1) is 11.1. The topological polar surface area (TPSA) is 47.6 Å². The highest BCUT2D eigenvalue weighted by molar-refractivity contribution is 8.13. The number of nitrogens with two attached hydrogens (primary N) is 1. The summed E-state index contributed by atoms with van der Waals surface area (Å²) in [7, 11) is 0. The van der Waals surface area contributed by atoms with Gasteiger partial charge in [-0.05, 0) is 0 Å². The maximum absolute atomic E-state index is 13.5. The van der Waals surface area contributed by atoms with E-state index in [1.807, 2.05) is 0 Å². The monoisotopic (exact) mass is 236 g/mol. The molecule has 0 aliphatic carbocycles. The van der Waals surface area contributed by atoms with E-state index in [0.29, 0.717) is 10.9 Å². The Kier molecular flexibility index (Phi) is 2.89. The van der Waals surface area contributed by atoms with E-state index >= 15 is 0 Å². The van der Waals surface area contributed by atoms with E-state index in [2.05, 4.69) is 4.99 Å². The molecule has 3 nitrogen and oxygen atoms in total. The number of hydrogen-bond acceptors (Lipinski definition) is 4. The quantitative estimate of drug-likeness (QED) is 0.790. The van der Waals surface area contributed by atoms with E-state index in [0.717, 1.165) is 0 Å². The molecule has 6 heteroatoms. The highest BCUT2D eigenvalue weighted by Gasteiger charge is 2.51. The molecule has 2 aliphatic rings. The number of rotatable bonds is 2. The zero-order valence-electron chi connectivity index (χ0n) is 8.45. The third-order valence-corrected chi connectivity index (χ3v) is 3.89. The van der Waals surface area contributed by atoms with Crippen LogP contribution in [0.1, 0.15) is 13.3 Å². The van der Waals surface area contributed by atoms with Crippen molar-refractivity contribution in [1.82, 2.24) is 0 Å². The van der Waals surface area contributed by atoms with Crippen molar-refractivity contribution in [2.75, 3.05) is 12.4 Å². The van der Waals surface area contributed by atoms with Crippen molar-refractivity contribution in [3.8, 4) is 0 Å². The van der Waals surface area contributed by atoms with Gasteiger partial charge in [0.1, 0.15) is 6.10 Å². The van der Waals surface area contributed by atoms with E-state index in [-0.39, 0.29) is 25.0 Å². The Balaban J connectivity index is 2.14. The van der Waals surface area contributed by atoms with E-state index in [4.69, 9.17) is 10.5 Å². The Labute approximate surface area is 91.5 Å². The summed E-state index contributed by atoms with van der Waals surface area (Å²) in [5, 5.41) is 0.486. The summed E-state index contributed by atoms with van der Waals surface area (Å²) in [4.78, 5) is 4.14. The standard InChI is InChI=1S/C9H14F2N2OS/c1-2-9(10,11)7-5-4-15-8(12)13-6(5)3-14-7/h5-7H,2-4H2,1H3,(H2,12,13)/t5-,6?,7?/m0/s1. The first-order chi connectivity index (χ1) is 7.04. The van der Waals surface area contributed by atoms with Crippen LogP contribution in [0.25, 0.3) is 0 Å². The number of alkyl halides is 2. The Bertz CT molecular complexity index is 285. The molecule has 2 N–H and O–H groups in total. The number of amidine groups is 1. The second-order valence-corrected chi connectivity index (χ2v) is 4.92. The minimum absolute atomic E-state index is 0.173. The molecular weight excluding hydrogens is 222 g/mol. The van der Waals surface area contributed by atoms with Crippen molar-refractivity contribution in [2.45, 2.75) is 31.4 Å². The summed E-state index contributed by atoms with van der Waals surface area (Å²) in [5.74, 6) is -2.36. The van der Waals surface area contributed by atoms with E-state index < -0.39 is 12.0 Å². The van der Waals surface area contributed by atoms with E-state index in [9.17, 15) is 8.78 Å². The van der Waals surface area contributed by atoms with Crippen LogP contribution in [-0.4, -0.2) is 35.6 Å². The van der Waals surface area contributed by atoms with E-state index in [1.165, 1.54) is 18.7 Å². The molecule has 2 rings (SSSR count). The summed E-state index contributed by atoms with van der Waals surface area (Å²) in [6.45, 7) is 1.75. The molecule has 0 aromatic rings. The third kappa shape index (κ3) is 1.97. The van der Waals surface area contributed by atoms with Crippen LogP contribution in [0.3, 0.4) is 0 Å². The Morgan fingerprint density at radius 2 is 2.40 bits per heavy atom. The summed E-state index contributed by atoms with van der Waals surface area (Å²) >= 11 is 1.34. The fourth-order valence-electron chi connectivity index (χ4n) is 2.00. The van der Waals surface area contributed by atoms with Crippen molar-refractivity contribution in [1.29, 1.82) is 0 Å². The first-order valence-electron chi connectivity index (χ1n) is 5.00. The van der Waals surface area contributed by atoms with Gasteiger partial charge < -0.3 is 10.5 Å². The minimum Gasteiger partial charge on any atom is -0.379 e. The molecule has 0 aromatic carbocycles. The van der Waals surface area contributed by atoms with Gasteiger partial charge in [-0.3, -0.25) is 4.99 Å². The molecule has 0 saturated carbocycles. The Morgan fingerprint density at radius 3 is 3.07 bits per heavy atom. The number of nitrogens with zero attached hydrogens (tertiary/aromatic N) is 1. The number of hydrogen-bond donors (Lipinski definition) is 1. The average Bonchev–Trinajstić information content (AvgIpc) is 2.61. The fourth-order valence-corrected chi connectivity index (χ4v) is 2.97. The van der Waals surface area contributed by atoms with Crippen LogP contribution in [0.15, 0.2) is 4.99 Å². The fraction of sp³-hybridized carbons (Fsp3) is 0.889. The Morgan fingerprint density at radius 1 is 1.67 bits per heavy atom. The third-order valence-electron chi connectivity index (χ3n) is 2.93. The van der Waals surface area contributed by atoms with Crippen molar-refractivity contribution < 1.29 is 13.5 Å². The number of ether oxygens (including phenoxy) is 1. The number of halogens is 2. The molecule has 15 heavy (non-hydrogen) atoms. The van der Waals surface area contributed by atoms with Crippen LogP contribution in [-0.2, 0) is 4.74 Å². The van der Waals surface area contributed by atoms with Crippen molar-refractivity contribution in [2.24, 2.45) is 16.6 Å². The summed E-state index contributed by atoms with van der Waals surface area (Å²) in [5.41, 5.74) is 5.55. The first-order valence-corrected chi connectivity index (χ1v) is 5.98. The molecule has 1 saturated heterocycles. The van der Waals surface area contributed by atoms with Crippen LogP contribution in [0.4, 0.5) is 8.78 Å². The maximum atomic E-state index is 13.5. The average molecular weight is 236 g/mol. The summed E-state index contributed by atoms with van der Waals surface area (Å²) in [6.07, 6.45) is -1.18. The predicted octanol–water partition coefficient (Wildman–Crippen LogP) is 1.48. The van der Waals surface area contributed by atoms with Gasteiger partial charge in [0.05, 0.1) is 12.6 Å². The lowest BCUT2D eigenvalue weighted by atomic mass is 9.93. The van der Waals surface area contributed by atoms with Gasteiger partial charge in [0.2, 0.25) is 0 Å². The lowest BCUT2D eigenvalue weighted by Crippen LogP contribution is -2.42. The molecule has 3 atom stereocenters. The molecule has 2 unspecified atom stereocenters. The van der Waals surface area contributed by atoms with Crippen LogP contribution in [0.5, 0.6) is 0 Å². The molecule has 0 bridgehead atoms. The molecule has 0 spiro atoms. The SMILES string of the molecule is CCC(F)(F)C1OCC2N=C(N)SC[C@@H]21. The molecule has 1 fully saturated rings. The van der Waals surface area contributed by atoms with Crippen LogP contribution >= 0.6 is 11.8 Å². The van der Waals surface area contributed by atoms with Crippen molar-refractivity contribution >= 4 is 16.9 Å². The zero-order valence-corrected chi connectivity index (χ0v) is 9.27. The van der Waals surface area contributed by atoms with Gasteiger partial charge in [-0.15, -0.1) is 0 Å². The highest BCUT2D eigenvalue weighted by atomic mass is 32.2. The van der Waals surface area contributed by atoms with Crippen molar-refractivity contribution in [3.05, 3.63) is 0 Å². The van der Waals surface area contributed by atoms with Gasteiger partial charge in [-0.25, -0.2) is 8.78 Å². The van der Waals surface area contributed by atoms with Gasteiger partial charge in [0, 0.05) is 18.1 Å². The van der Waals surface area contributed by atoms with Crippen LogP contribution in [0.2, 0.25) is 0 Å². The summed E-state index contributed by atoms with van der Waals surface area (Å²) in [6, 6.07) is -0.173. The molecular formula is C9H14F2N2OS. The summed E-state index contributed by atoms with van der Waals surface area (Å²) < 4.78 is 32.2. The van der Waals surface area contributed by atoms with Gasteiger partial charge in [0.15, 0.2) is 5.17 Å². The van der Waals surface area contributed by atoms with Gasteiger partial charge >= 0.3 is 0 Å². The van der Waals surface area contributed by atoms with Crippen molar-refractivity contribution in [3.63, 3.8) is 0 Å². The predicted molar refractivity (Wildman–Crippen MR) is 56.3 cm³/mol. The number of fused-ring (bicyclic) bond motifs is 1. The molecule has 0 radical (unpaired) electrons. The molecule has 0 aromatic heterocycles. The molecule has 2 aliphatic heterocycles. The van der Waals surface area contributed by atoms with Crippen LogP contribution < -0.4 is 5.73 Å². The number of aliphatic imine (C=N–C) groups is 1. The molecule has 2 heterocycles. The van der Waals surface area contributed by atoms with Gasteiger partial charge in [-0.1, -0.05) is 18.7 Å². The Hall–Kier alpha value is -0.360. The lowest BCUT2D eigenvalue weighted by molar-refractivity contribution is -0.128. The van der Waals surface area contributed by atoms with Gasteiger partial charge in [0.25, 0.3) is 5.92 Å². The molecule has 0 amide bonds. The minimum atomic E-state index is -2.75. The second-order valence-electron chi connectivity index (χ2n) is 3.88. The van der Waals surface area contributed by atoms with Crippen LogP contribution in [0, 0.1) is 5.92 Å². The largest absolute Gasteiger partial charge is 0.379 e. The lowest BCUT2D eigenvalue weighted by Gasteiger charge is -2.29. The normalized spacial score (nSPS) is 36.2. The second kappa shape index (κ2) is 3.90.